The van der Waals surface area contributed by atoms with Gasteiger partial charge in [0.25, 0.3) is 5.91 Å². The molecule has 1 aromatic heterocycles. The summed E-state index contributed by atoms with van der Waals surface area (Å²) < 4.78 is 24.2. The Hall–Kier alpha value is -1.67. The molecule has 94 valence electrons. The molecule has 0 aromatic carbocycles. The number of pyridine rings is 1. The molecule has 1 aromatic rings. The highest BCUT2D eigenvalue weighted by atomic mass is 32.2. The van der Waals surface area contributed by atoms with Gasteiger partial charge in [0, 0.05) is 24.4 Å². The molecule has 17 heavy (non-hydrogen) atoms. The van der Waals surface area contributed by atoms with E-state index in [1.807, 2.05) is 0 Å². The Morgan fingerprint density at radius 1 is 1.47 bits per heavy atom. The van der Waals surface area contributed by atoms with Crippen molar-refractivity contribution < 1.29 is 13.2 Å². The minimum absolute atomic E-state index is 0.0190. The van der Waals surface area contributed by atoms with Crippen LogP contribution < -0.4 is 15.6 Å². The first kappa shape index (κ1) is 13.4. The second-order valence-electron chi connectivity index (χ2n) is 3.22. The van der Waals surface area contributed by atoms with Gasteiger partial charge in [-0.15, -0.1) is 0 Å². The fourth-order valence-corrected chi connectivity index (χ4v) is 1.66. The highest BCUT2D eigenvalue weighted by molar-refractivity contribution is 7.89. The minimum Gasteiger partial charge on any atom is -0.351 e. The Morgan fingerprint density at radius 3 is 2.76 bits per heavy atom. The predicted octanol–water partition coefficient (Wildman–Crippen LogP) is -1.35. The van der Waals surface area contributed by atoms with Gasteiger partial charge in [0.2, 0.25) is 15.6 Å². The summed E-state index contributed by atoms with van der Waals surface area (Å²) in [6, 6.07) is 2.57. The van der Waals surface area contributed by atoms with Gasteiger partial charge in [0.1, 0.15) is 0 Å². The maximum Gasteiger partial charge on any atom is 0.251 e. The van der Waals surface area contributed by atoms with Crippen LogP contribution in [0.25, 0.3) is 0 Å². The lowest BCUT2D eigenvalue weighted by molar-refractivity contribution is 0.0956. The van der Waals surface area contributed by atoms with Gasteiger partial charge in [0.15, 0.2) is 0 Å². The molecule has 0 saturated carbocycles. The van der Waals surface area contributed by atoms with E-state index in [9.17, 15) is 18.0 Å². The lowest BCUT2D eigenvalue weighted by Crippen LogP contribution is -2.33. The van der Waals surface area contributed by atoms with Crippen molar-refractivity contribution in [3.05, 3.63) is 34.2 Å². The zero-order valence-corrected chi connectivity index (χ0v) is 10.0. The topological polar surface area (TPSA) is 108 Å². The van der Waals surface area contributed by atoms with E-state index in [-0.39, 0.29) is 23.4 Å². The number of aromatic nitrogens is 1. The van der Waals surface area contributed by atoms with Crippen molar-refractivity contribution in [2.75, 3.05) is 19.3 Å². The third-order valence-electron chi connectivity index (χ3n) is 2.00. The van der Waals surface area contributed by atoms with Crippen molar-refractivity contribution in [2.45, 2.75) is 0 Å². The summed E-state index contributed by atoms with van der Waals surface area (Å²) in [4.78, 5) is 24.8. The van der Waals surface area contributed by atoms with Gasteiger partial charge in [-0.1, -0.05) is 0 Å². The number of sulfonamides is 1. The van der Waals surface area contributed by atoms with Crippen molar-refractivity contribution in [3.8, 4) is 0 Å². The number of nitrogens with one attached hydrogen (secondary N) is 3. The standard InChI is InChI=1S/C9H13N3O4S/c1-10-17(15,16)5-4-12-9(14)7-2-3-11-8(13)6-7/h2-3,6,10H,4-5H2,1H3,(H,11,13)(H,12,14). The Kier molecular flexibility index (Phi) is 4.41. The van der Waals surface area contributed by atoms with E-state index in [0.29, 0.717) is 0 Å². The van der Waals surface area contributed by atoms with Crippen LogP contribution in [0.15, 0.2) is 23.1 Å². The molecule has 0 atom stereocenters. The SMILES string of the molecule is CNS(=O)(=O)CCNC(=O)c1cc[nH]c(=O)c1. The van der Waals surface area contributed by atoms with Crippen LogP contribution in [0.5, 0.6) is 0 Å². The number of hydrogen-bond donors (Lipinski definition) is 3. The van der Waals surface area contributed by atoms with Gasteiger partial charge in [-0.05, 0) is 13.1 Å². The number of hydrogen-bond acceptors (Lipinski definition) is 4. The average Bonchev–Trinajstić information content (AvgIpc) is 2.28. The minimum atomic E-state index is -3.34. The molecule has 0 unspecified atom stereocenters. The van der Waals surface area contributed by atoms with Crippen LogP contribution in [0, 0.1) is 0 Å². The zero-order chi connectivity index (χ0) is 12.9. The summed E-state index contributed by atoms with van der Waals surface area (Å²) in [7, 11) is -2.04. The highest BCUT2D eigenvalue weighted by Crippen LogP contribution is 1.92. The molecule has 0 radical (unpaired) electrons. The summed E-state index contributed by atoms with van der Waals surface area (Å²) in [5.74, 6) is -0.694. The van der Waals surface area contributed by atoms with E-state index >= 15 is 0 Å². The van der Waals surface area contributed by atoms with Crippen LogP contribution in [-0.2, 0) is 10.0 Å². The monoisotopic (exact) mass is 259 g/mol. The number of H-pyrrole nitrogens is 1. The Labute approximate surface area is 98.3 Å². The van der Waals surface area contributed by atoms with Gasteiger partial charge in [-0.2, -0.15) is 0 Å². The number of rotatable bonds is 5. The van der Waals surface area contributed by atoms with Crippen LogP contribution in [0.3, 0.4) is 0 Å². The van der Waals surface area contributed by atoms with Crippen LogP contribution in [0.2, 0.25) is 0 Å². The predicted molar refractivity (Wildman–Crippen MR) is 62.2 cm³/mol. The summed E-state index contributed by atoms with van der Waals surface area (Å²) in [5, 5.41) is 2.41. The molecule has 3 N–H and O–H groups in total. The first-order valence-corrected chi connectivity index (χ1v) is 6.48. The number of aromatic amines is 1. The first-order chi connectivity index (χ1) is 7.94. The average molecular weight is 259 g/mol. The van der Waals surface area contributed by atoms with Crippen LogP contribution >= 0.6 is 0 Å². The largest absolute Gasteiger partial charge is 0.351 e. The molecule has 0 bridgehead atoms. The quantitative estimate of drug-likeness (QED) is 0.607. The van der Waals surface area contributed by atoms with Crippen molar-refractivity contribution >= 4 is 15.9 Å². The summed E-state index contributed by atoms with van der Waals surface area (Å²) in [6.07, 6.45) is 1.35. The summed E-state index contributed by atoms with van der Waals surface area (Å²) in [6.45, 7) is -0.0190. The molecule has 7 nitrogen and oxygen atoms in total. The van der Waals surface area contributed by atoms with Crippen LogP contribution in [0.1, 0.15) is 10.4 Å². The van der Waals surface area contributed by atoms with Gasteiger partial charge in [-0.25, -0.2) is 13.1 Å². The lowest BCUT2D eigenvalue weighted by atomic mass is 10.2. The first-order valence-electron chi connectivity index (χ1n) is 4.83. The molecule has 1 rings (SSSR count). The second-order valence-corrected chi connectivity index (χ2v) is 5.27. The van der Waals surface area contributed by atoms with Gasteiger partial charge < -0.3 is 10.3 Å². The maximum atomic E-state index is 11.5. The number of carbonyl (C=O) groups is 1. The van der Waals surface area contributed by atoms with Crippen molar-refractivity contribution in [3.63, 3.8) is 0 Å². The van der Waals surface area contributed by atoms with Gasteiger partial charge >= 0.3 is 0 Å². The molecule has 0 aliphatic heterocycles. The third-order valence-corrected chi connectivity index (χ3v) is 3.37. The van der Waals surface area contributed by atoms with Crippen LogP contribution in [0.4, 0.5) is 0 Å². The van der Waals surface area contributed by atoms with Crippen molar-refractivity contribution in [1.29, 1.82) is 0 Å². The van der Waals surface area contributed by atoms with E-state index in [1.165, 1.54) is 19.3 Å². The van der Waals surface area contributed by atoms with Gasteiger partial charge in [0.05, 0.1) is 5.75 Å². The Bertz CT molecular complexity index is 549. The van der Waals surface area contributed by atoms with Crippen molar-refractivity contribution in [1.82, 2.24) is 15.0 Å². The molecule has 0 aliphatic carbocycles. The molecule has 0 saturated heterocycles. The van der Waals surface area contributed by atoms with E-state index in [0.717, 1.165) is 6.07 Å². The van der Waals surface area contributed by atoms with E-state index in [2.05, 4.69) is 15.0 Å². The molecule has 1 heterocycles. The maximum absolute atomic E-state index is 11.5. The molecule has 0 spiro atoms. The number of amides is 1. The molecular weight excluding hydrogens is 246 g/mol. The lowest BCUT2D eigenvalue weighted by Gasteiger charge is -2.05. The molecule has 8 heteroatoms. The van der Waals surface area contributed by atoms with Crippen molar-refractivity contribution in [2.24, 2.45) is 0 Å². The van der Waals surface area contributed by atoms with Gasteiger partial charge in [-0.3, -0.25) is 9.59 Å². The number of carbonyl (C=O) groups excluding carboxylic acids is 1. The third kappa shape index (κ3) is 4.37. The Balaban J connectivity index is 2.54. The Morgan fingerprint density at radius 2 is 2.18 bits per heavy atom. The zero-order valence-electron chi connectivity index (χ0n) is 9.19. The normalized spacial score (nSPS) is 11.1. The smallest absolute Gasteiger partial charge is 0.251 e. The van der Waals surface area contributed by atoms with E-state index in [4.69, 9.17) is 0 Å². The van der Waals surface area contributed by atoms with E-state index in [1.54, 1.807) is 0 Å². The van der Waals surface area contributed by atoms with Crippen LogP contribution in [-0.4, -0.2) is 38.7 Å². The van der Waals surface area contributed by atoms with E-state index < -0.39 is 15.9 Å². The summed E-state index contributed by atoms with van der Waals surface area (Å²) >= 11 is 0. The highest BCUT2D eigenvalue weighted by Gasteiger charge is 2.09. The molecule has 0 aliphatic rings. The molecule has 0 fully saturated rings. The molecule has 1 amide bonds. The second kappa shape index (κ2) is 5.60. The fourth-order valence-electron chi connectivity index (χ4n) is 1.09. The summed E-state index contributed by atoms with van der Waals surface area (Å²) in [5.41, 5.74) is -0.198. The fraction of sp³-hybridized carbons (Fsp3) is 0.333. The molecular formula is C9H13N3O4S.